The third-order valence-electron chi connectivity index (χ3n) is 1.91. The molecule has 2 aromatic heterocycles. The summed E-state index contributed by atoms with van der Waals surface area (Å²) in [6, 6.07) is 7.90. The second kappa shape index (κ2) is 8.61. The van der Waals surface area contributed by atoms with Crippen LogP contribution in [0.4, 0.5) is 0 Å². The Balaban J connectivity index is 0.000000771. The molecule has 0 atom stereocenters. The van der Waals surface area contributed by atoms with E-state index in [0.717, 1.165) is 9.75 Å². The van der Waals surface area contributed by atoms with Crippen molar-refractivity contribution >= 4 is 40.6 Å². The average Bonchev–Trinajstić information content (AvgIpc) is 3.09. The van der Waals surface area contributed by atoms with E-state index in [1.165, 1.54) is 0 Å². The largest absolute Gasteiger partial charge is 0.290 e. The first-order chi connectivity index (χ1) is 8.84. The molecule has 2 aromatic rings. The first kappa shape index (κ1) is 14.6. The highest BCUT2D eigenvalue weighted by atomic mass is 32.1. The van der Waals surface area contributed by atoms with Crippen LogP contribution in [0.5, 0.6) is 0 Å². The molecule has 94 valence electrons. The predicted molar refractivity (Wildman–Crippen MR) is 83.1 cm³/mol. The van der Waals surface area contributed by atoms with Gasteiger partial charge in [0.15, 0.2) is 5.78 Å². The van der Waals surface area contributed by atoms with E-state index in [1.807, 2.05) is 61.0 Å². The highest BCUT2D eigenvalue weighted by molar-refractivity contribution is 7.11. The predicted octanol–water partition coefficient (Wildman–Crippen LogP) is 5.13. The van der Waals surface area contributed by atoms with Crippen LogP contribution >= 0.6 is 22.7 Å². The molecule has 0 aliphatic carbocycles. The topological polar surface area (TPSA) is 17.1 Å². The fourth-order valence-electron chi connectivity index (χ4n) is 1.16. The number of rotatable bonds is 4. The zero-order valence-corrected chi connectivity index (χ0v) is 12.1. The molecule has 0 amide bonds. The van der Waals surface area contributed by atoms with E-state index in [-0.39, 0.29) is 5.78 Å². The van der Waals surface area contributed by atoms with Crippen molar-refractivity contribution in [1.29, 1.82) is 0 Å². The van der Waals surface area contributed by atoms with E-state index < -0.39 is 0 Å². The standard InChI is InChI=1S/C13H10OS2.C2H6/c14-11(5-7-12-3-1-9-15-12)6-8-13-4-2-10-16-13;1-2/h1-10H;1-2H3/b7-5+,8-6+;. The van der Waals surface area contributed by atoms with E-state index in [0.29, 0.717) is 0 Å². The molecule has 0 saturated heterocycles. The summed E-state index contributed by atoms with van der Waals surface area (Å²) >= 11 is 3.24. The lowest BCUT2D eigenvalue weighted by atomic mass is 10.3. The molecule has 18 heavy (non-hydrogen) atoms. The van der Waals surface area contributed by atoms with Gasteiger partial charge in [0.25, 0.3) is 0 Å². The van der Waals surface area contributed by atoms with Crippen molar-refractivity contribution in [1.82, 2.24) is 0 Å². The van der Waals surface area contributed by atoms with Crippen LogP contribution in [0, 0.1) is 0 Å². The summed E-state index contributed by atoms with van der Waals surface area (Å²) in [5.74, 6) is 0.0156. The third kappa shape index (κ3) is 5.25. The molecule has 0 radical (unpaired) electrons. The molecule has 0 unspecified atom stereocenters. The second-order valence-electron chi connectivity index (χ2n) is 3.10. The molecule has 0 N–H and O–H groups in total. The molecular weight excluding hydrogens is 260 g/mol. The fraction of sp³-hybridized carbons (Fsp3) is 0.133. The summed E-state index contributed by atoms with van der Waals surface area (Å²) in [6.45, 7) is 4.00. The SMILES string of the molecule is CC.O=C(/C=C/c1cccs1)/C=C/c1cccs1. The van der Waals surface area contributed by atoms with Crippen LogP contribution in [0.1, 0.15) is 23.6 Å². The van der Waals surface area contributed by atoms with E-state index in [4.69, 9.17) is 0 Å². The average molecular weight is 276 g/mol. The molecule has 0 aliphatic rings. The van der Waals surface area contributed by atoms with Gasteiger partial charge in [-0.3, -0.25) is 4.79 Å². The lowest BCUT2D eigenvalue weighted by Crippen LogP contribution is -1.83. The molecule has 3 heteroatoms. The van der Waals surface area contributed by atoms with Gasteiger partial charge < -0.3 is 0 Å². The molecular formula is C15H16OS2. The van der Waals surface area contributed by atoms with Crippen LogP contribution in [-0.4, -0.2) is 5.78 Å². The van der Waals surface area contributed by atoms with Gasteiger partial charge in [-0.05, 0) is 47.2 Å². The number of hydrogen-bond donors (Lipinski definition) is 0. The van der Waals surface area contributed by atoms with Crippen LogP contribution in [-0.2, 0) is 4.79 Å². The molecule has 0 bridgehead atoms. The van der Waals surface area contributed by atoms with Gasteiger partial charge in [-0.15, -0.1) is 22.7 Å². The van der Waals surface area contributed by atoms with Gasteiger partial charge in [0.2, 0.25) is 0 Å². The second-order valence-corrected chi connectivity index (χ2v) is 5.06. The van der Waals surface area contributed by atoms with Crippen molar-refractivity contribution in [3.05, 3.63) is 56.9 Å². The van der Waals surface area contributed by atoms with Crippen molar-refractivity contribution in [3.63, 3.8) is 0 Å². The van der Waals surface area contributed by atoms with E-state index >= 15 is 0 Å². The van der Waals surface area contributed by atoms with Crippen LogP contribution in [0.2, 0.25) is 0 Å². The lowest BCUT2D eigenvalue weighted by Gasteiger charge is -1.84. The van der Waals surface area contributed by atoms with Gasteiger partial charge in [0.05, 0.1) is 0 Å². The van der Waals surface area contributed by atoms with Crippen LogP contribution < -0.4 is 0 Å². The first-order valence-corrected chi connectivity index (χ1v) is 7.58. The van der Waals surface area contributed by atoms with Crippen molar-refractivity contribution in [2.75, 3.05) is 0 Å². The highest BCUT2D eigenvalue weighted by Gasteiger charge is 1.91. The molecule has 0 fully saturated rings. The van der Waals surface area contributed by atoms with Gasteiger partial charge in [-0.25, -0.2) is 0 Å². The van der Waals surface area contributed by atoms with Crippen molar-refractivity contribution in [2.24, 2.45) is 0 Å². The zero-order valence-electron chi connectivity index (χ0n) is 10.5. The monoisotopic (exact) mass is 276 g/mol. The fourth-order valence-corrected chi connectivity index (χ4v) is 2.39. The van der Waals surface area contributed by atoms with E-state index in [2.05, 4.69) is 0 Å². The number of carbonyl (C=O) groups excluding carboxylic acids is 1. The summed E-state index contributed by atoms with van der Waals surface area (Å²) in [5, 5.41) is 3.98. The van der Waals surface area contributed by atoms with Gasteiger partial charge in [-0.1, -0.05) is 26.0 Å². The number of allylic oxidation sites excluding steroid dienone is 2. The Labute approximate surface area is 116 Å². The Morgan fingerprint density at radius 3 is 1.72 bits per heavy atom. The number of thiophene rings is 2. The zero-order chi connectivity index (χ0) is 13.2. The van der Waals surface area contributed by atoms with Gasteiger partial charge >= 0.3 is 0 Å². The molecule has 0 aromatic carbocycles. The third-order valence-corrected chi connectivity index (χ3v) is 3.59. The van der Waals surface area contributed by atoms with E-state index in [1.54, 1.807) is 34.8 Å². The summed E-state index contributed by atoms with van der Waals surface area (Å²) in [7, 11) is 0. The Morgan fingerprint density at radius 2 is 1.39 bits per heavy atom. The lowest BCUT2D eigenvalue weighted by molar-refractivity contribution is -0.110. The quantitative estimate of drug-likeness (QED) is 0.707. The van der Waals surface area contributed by atoms with Crippen LogP contribution in [0.3, 0.4) is 0 Å². The maximum atomic E-state index is 11.5. The van der Waals surface area contributed by atoms with Crippen molar-refractivity contribution < 1.29 is 4.79 Å². The summed E-state index contributed by atoms with van der Waals surface area (Å²) in [4.78, 5) is 13.7. The molecule has 2 rings (SSSR count). The first-order valence-electron chi connectivity index (χ1n) is 5.82. The number of hydrogen-bond acceptors (Lipinski definition) is 3. The maximum absolute atomic E-state index is 11.5. The molecule has 1 nitrogen and oxygen atoms in total. The van der Waals surface area contributed by atoms with Gasteiger partial charge in [-0.2, -0.15) is 0 Å². The van der Waals surface area contributed by atoms with Crippen molar-refractivity contribution in [3.8, 4) is 0 Å². The minimum Gasteiger partial charge on any atom is -0.290 e. The maximum Gasteiger partial charge on any atom is 0.178 e. The number of ketones is 1. The van der Waals surface area contributed by atoms with Gasteiger partial charge in [0.1, 0.15) is 0 Å². The van der Waals surface area contributed by atoms with Crippen molar-refractivity contribution in [2.45, 2.75) is 13.8 Å². The Morgan fingerprint density at radius 1 is 0.944 bits per heavy atom. The normalized spacial score (nSPS) is 10.6. The number of carbonyl (C=O) groups is 1. The van der Waals surface area contributed by atoms with Crippen LogP contribution in [0.15, 0.2) is 47.2 Å². The molecule has 0 spiro atoms. The molecule has 0 saturated carbocycles. The minimum absolute atomic E-state index is 0.0156. The summed E-state index contributed by atoms with van der Waals surface area (Å²) in [6.07, 6.45) is 6.86. The van der Waals surface area contributed by atoms with Crippen LogP contribution in [0.25, 0.3) is 12.2 Å². The van der Waals surface area contributed by atoms with Gasteiger partial charge in [0, 0.05) is 9.75 Å². The summed E-state index contributed by atoms with van der Waals surface area (Å²) < 4.78 is 0. The smallest absolute Gasteiger partial charge is 0.178 e. The highest BCUT2D eigenvalue weighted by Crippen LogP contribution is 2.12. The van der Waals surface area contributed by atoms with E-state index in [9.17, 15) is 4.79 Å². The summed E-state index contributed by atoms with van der Waals surface area (Å²) in [5.41, 5.74) is 0. The molecule has 0 aliphatic heterocycles. The minimum atomic E-state index is 0.0156. The Bertz CT molecular complexity index is 444. The molecule has 2 heterocycles. The Hall–Kier alpha value is -1.45. The Kier molecular flexibility index (Phi) is 6.99.